The zero-order chi connectivity index (χ0) is 16.2. The van der Waals surface area contributed by atoms with Crippen molar-refractivity contribution in [2.24, 2.45) is 0 Å². The highest BCUT2D eigenvalue weighted by Crippen LogP contribution is 2.25. The van der Waals surface area contributed by atoms with Crippen molar-refractivity contribution in [1.29, 1.82) is 0 Å². The number of carbonyl (C=O) groups is 1. The molecule has 0 spiro atoms. The summed E-state index contributed by atoms with van der Waals surface area (Å²) in [5, 5.41) is 15.4. The Kier molecular flexibility index (Phi) is 5.45. The van der Waals surface area contributed by atoms with Crippen molar-refractivity contribution < 1.29 is 14.6 Å². The fourth-order valence-electron chi connectivity index (χ4n) is 1.86. The van der Waals surface area contributed by atoms with Gasteiger partial charge in [-0.25, -0.2) is 0 Å². The van der Waals surface area contributed by atoms with Crippen LogP contribution in [-0.4, -0.2) is 23.7 Å². The van der Waals surface area contributed by atoms with Crippen molar-refractivity contribution in [2.45, 2.75) is 25.6 Å². The van der Waals surface area contributed by atoms with E-state index in [0.717, 1.165) is 4.88 Å². The fourth-order valence-corrected chi connectivity index (χ4v) is 2.83. The summed E-state index contributed by atoms with van der Waals surface area (Å²) >= 11 is 7.44. The number of amides is 1. The number of benzene rings is 1. The smallest absolute Gasteiger partial charge is 0.260 e. The van der Waals surface area contributed by atoms with Crippen molar-refractivity contribution in [1.82, 2.24) is 5.32 Å². The normalized spacial score (nSPS) is 14.9. The molecule has 2 N–H and O–H groups in total. The van der Waals surface area contributed by atoms with Crippen molar-refractivity contribution in [3.63, 3.8) is 0 Å². The topological polar surface area (TPSA) is 58.6 Å². The maximum absolute atomic E-state index is 12.1. The summed E-state index contributed by atoms with van der Waals surface area (Å²) in [5.74, 6) is 0.147. The molecule has 0 saturated carbocycles. The quantitative estimate of drug-likeness (QED) is 0.849. The predicted octanol–water partition coefficient (Wildman–Crippen LogP) is 3.19. The van der Waals surface area contributed by atoms with Gasteiger partial charge in [0.1, 0.15) is 11.4 Å². The largest absolute Gasteiger partial charge is 0.479 e. The number of halogens is 1. The molecule has 22 heavy (non-hydrogen) atoms. The standard InChI is InChI=1S/C16H18ClNO3S/c1-11(21-13-7-4-3-6-12(13)17)15(19)18-10-16(2,20)14-8-5-9-22-14/h3-9,11,20H,10H2,1-2H3,(H,18,19). The van der Waals surface area contributed by atoms with Crippen LogP contribution in [0.1, 0.15) is 18.7 Å². The van der Waals surface area contributed by atoms with Crippen molar-refractivity contribution in [3.05, 3.63) is 51.7 Å². The molecule has 2 unspecified atom stereocenters. The Morgan fingerprint density at radius 1 is 1.41 bits per heavy atom. The van der Waals surface area contributed by atoms with Crippen LogP contribution >= 0.6 is 22.9 Å². The van der Waals surface area contributed by atoms with E-state index in [-0.39, 0.29) is 12.5 Å². The lowest BCUT2D eigenvalue weighted by Crippen LogP contribution is -2.43. The Balaban J connectivity index is 1.91. The summed E-state index contributed by atoms with van der Waals surface area (Å²) in [5.41, 5.74) is -1.10. The number of ether oxygens (including phenoxy) is 1. The molecule has 0 bridgehead atoms. The number of rotatable bonds is 6. The predicted molar refractivity (Wildman–Crippen MR) is 88.4 cm³/mol. The monoisotopic (exact) mass is 339 g/mol. The van der Waals surface area contributed by atoms with Crippen LogP contribution in [0.3, 0.4) is 0 Å². The molecule has 2 aromatic rings. The number of nitrogens with one attached hydrogen (secondary N) is 1. The van der Waals surface area contributed by atoms with Gasteiger partial charge < -0.3 is 15.2 Å². The second kappa shape index (κ2) is 7.13. The van der Waals surface area contributed by atoms with Crippen LogP contribution < -0.4 is 10.1 Å². The van der Waals surface area contributed by atoms with E-state index in [1.54, 1.807) is 38.1 Å². The first-order valence-electron chi connectivity index (χ1n) is 6.85. The van der Waals surface area contributed by atoms with Crippen LogP contribution in [0, 0.1) is 0 Å². The van der Waals surface area contributed by atoms with Gasteiger partial charge in [0, 0.05) is 4.88 Å². The van der Waals surface area contributed by atoms with E-state index in [2.05, 4.69) is 5.32 Å². The first-order chi connectivity index (χ1) is 10.4. The van der Waals surface area contributed by atoms with Crippen LogP contribution in [0.15, 0.2) is 41.8 Å². The van der Waals surface area contributed by atoms with Crippen LogP contribution in [-0.2, 0) is 10.4 Å². The van der Waals surface area contributed by atoms with E-state index < -0.39 is 11.7 Å². The Labute approximate surface area is 138 Å². The van der Waals surface area contributed by atoms with Gasteiger partial charge in [0.15, 0.2) is 6.10 Å². The third kappa shape index (κ3) is 4.22. The van der Waals surface area contributed by atoms with Gasteiger partial charge in [-0.05, 0) is 37.4 Å². The molecule has 1 heterocycles. The number of hydrogen-bond donors (Lipinski definition) is 2. The number of carbonyl (C=O) groups excluding carboxylic acids is 1. The molecule has 1 amide bonds. The molecule has 1 aromatic carbocycles. The van der Waals surface area contributed by atoms with Gasteiger partial charge >= 0.3 is 0 Å². The van der Waals surface area contributed by atoms with Gasteiger partial charge in [-0.1, -0.05) is 29.8 Å². The summed E-state index contributed by atoms with van der Waals surface area (Å²) in [7, 11) is 0. The zero-order valence-electron chi connectivity index (χ0n) is 12.4. The Morgan fingerprint density at radius 2 is 2.14 bits per heavy atom. The molecule has 6 heteroatoms. The first-order valence-corrected chi connectivity index (χ1v) is 8.11. The number of aliphatic hydroxyl groups is 1. The van der Waals surface area contributed by atoms with E-state index in [0.29, 0.717) is 10.8 Å². The van der Waals surface area contributed by atoms with E-state index in [4.69, 9.17) is 16.3 Å². The molecule has 2 atom stereocenters. The molecule has 0 aliphatic heterocycles. The lowest BCUT2D eigenvalue weighted by molar-refractivity contribution is -0.128. The molecule has 118 valence electrons. The number of hydrogen-bond acceptors (Lipinski definition) is 4. The second-order valence-corrected chi connectivity index (χ2v) is 6.51. The molecule has 1 aromatic heterocycles. The fraction of sp³-hybridized carbons (Fsp3) is 0.312. The van der Waals surface area contributed by atoms with Crippen molar-refractivity contribution in [3.8, 4) is 5.75 Å². The molecule has 0 radical (unpaired) electrons. The van der Waals surface area contributed by atoms with Gasteiger partial charge in [-0.2, -0.15) is 0 Å². The maximum atomic E-state index is 12.1. The lowest BCUT2D eigenvalue weighted by Gasteiger charge is -2.23. The Hall–Kier alpha value is -1.56. The summed E-state index contributed by atoms with van der Waals surface area (Å²) in [6.45, 7) is 3.42. The Bertz CT molecular complexity index is 628. The minimum absolute atomic E-state index is 0.114. The van der Waals surface area contributed by atoms with Crippen LogP contribution in [0.5, 0.6) is 5.75 Å². The average molecular weight is 340 g/mol. The van der Waals surface area contributed by atoms with Gasteiger partial charge in [0.25, 0.3) is 5.91 Å². The molecule has 0 aliphatic carbocycles. The highest BCUT2D eigenvalue weighted by molar-refractivity contribution is 7.10. The average Bonchev–Trinajstić information content (AvgIpc) is 3.02. The van der Waals surface area contributed by atoms with Crippen molar-refractivity contribution in [2.75, 3.05) is 6.54 Å². The summed E-state index contributed by atoms with van der Waals surface area (Å²) < 4.78 is 5.54. The second-order valence-electron chi connectivity index (χ2n) is 5.16. The van der Waals surface area contributed by atoms with Crippen LogP contribution in [0.25, 0.3) is 0 Å². The zero-order valence-corrected chi connectivity index (χ0v) is 13.9. The number of para-hydroxylation sites is 1. The molecular weight excluding hydrogens is 322 g/mol. The molecule has 0 fully saturated rings. The van der Waals surface area contributed by atoms with E-state index in [1.807, 2.05) is 17.5 Å². The first kappa shape index (κ1) is 16.8. The van der Waals surface area contributed by atoms with E-state index >= 15 is 0 Å². The maximum Gasteiger partial charge on any atom is 0.260 e. The number of thiophene rings is 1. The third-order valence-electron chi connectivity index (χ3n) is 3.17. The molecule has 0 aliphatic rings. The van der Waals surface area contributed by atoms with Crippen LogP contribution in [0.2, 0.25) is 5.02 Å². The SMILES string of the molecule is CC(Oc1ccccc1Cl)C(=O)NCC(C)(O)c1cccs1. The molecule has 0 saturated heterocycles. The van der Waals surface area contributed by atoms with Gasteiger partial charge in [-0.15, -0.1) is 11.3 Å². The van der Waals surface area contributed by atoms with Gasteiger partial charge in [0.2, 0.25) is 0 Å². The van der Waals surface area contributed by atoms with Crippen molar-refractivity contribution >= 4 is 28.8 Å². The third-order valence-corrected chi connectivity index (χ3v) is 4.60. The summed E-state index contributed by atoms with van der Waals surface area (Å²) in [6, 6.07) is 10.7. The molecule has 2 rings (SSSR count). The van der Waals surface area contributed by atoms with E-state index in [9.17, 15) is 9.90 Å². The van der Waals surface area contributed by atoms with E-state index in [1.165, 1.54) is 11.3 Å². The van der Waals surface area contributed by atoms with Crippen LogP contribution in [0.4, 0.5) is 0 Å². The summed E-state index contributed by atoms with van der Waals surface area (Å²) in [6.07, 6.45) is -0.709. The van der Waals surface area contributed by atoms with Gasteiger partial charge in [-0.3, -0.25) is 4.79 Å². The molecular formula is C16H18ClNO3S. The van der Waals surface area contributed by atoms with Gasteiger partial charge in [0.05, 0.1) is 11.6 Å². The highest BCUT2D eigenvalue weighted by Gasteiger charge is 2.26. The highest BCUT2D eigenvalue weighted by atomic mass is 35.5. The Morgan fingerprint density at radius 3 is 2.77 bits per heavy atom. The summed E-state index contributed by atoms with van der Waals surface area (Å²) in [4.78, 5) is 12.9. The minimum atomic E-state index is -1.10. The molecule has 4 nitrogen and oxygen atoms in total. The lowest BCUT2D eigenvalue weighted by atomic mass is 10.1. The minimum Gasteiger partial charge on any atom is -0.479 e.